The molecule has 1 unspecified atom stereocenters. The fourth-order valence-electron chi connectivity index (χ4n) is 10.8. The van der Waals surface area contributed by atoms with E-state index >= 15 is 0 Å². The summed E-state index contributed by atoms with van der Waals surface area (Å²) in [5.41, 5.74) is 18.9. The van der Waals surface area contributed by atoms with Crippen LogP contribution < -0.4 is 0 Å². The molecule has 0 spiro atoms. The molecule has 288 valence electrons. The second kappa shape index (κ2) is 13.3. The lowest BCUT2D eigenvalue weighted by molar-refractivity contribution is 0.666. The highest BCUT2D eigenvalue weighted by Crippen LogP contribution is 2.56. The summed E-state index contributed by atoms with van der Waals surface area (Å²) in [4.78, 5) is 10.8. The zero-order valence-corrected chi connectivity index (χ0v) is 34.4. The van der Waals surface area contributed by atoms with Gasteiger partial charge in [-0.05, 0) is 108 Å². The molecule has 2 nitrogen and oxygen atoms in total. The van der Waals surface area contributed by atoms with Crippen LogP contribution in [-0.2, 0) is 10.8 Å². The zero-order valence-electron chi connectivity index (χ0n) is 34.4. The Bertz CT molecular complexity index is 3400. The van der Waals surface area contributed by atoms with Crippen LogP contribution >= 0.6 is 0 Å². The first-order chi connectivity index (χ1) is 29.9. The van der Waals surface area contributed by atoms with E-state index < -0.39 is 0 Å². The minimum absolute atomic E-state index is 0.140. The van der Waals surface area contributed by atoms with Gasteiger partial charge in [0.05, 0.1) is 11.4 Å². The molecule has 0 bridgehead atoms. The lowest BCUT2D eigenvalue weighted by Gasteiger charge is -2.28. The summed E-state index contributed by atoms with van der Waals surface area (Å²) >= 11 is 0. The van der Waals surface area contributed by atoms with Gasteiger partial charge in [-0.1, -0.05) is 196 Å². The first-order valence-corrected chi connectivity index (χ1v) is 21.3. The Hall–Kier alpha value is -7.42. The van der Waals surface area contributed by atoms with E-state index in [1.807, 2.05) is 0 Å². The van der Waals surface area contributed by atoms with Gasteiger partial charge in [0, 0.05) is 27.5 Å². The summed E-state index contributed by atoms with van der Waals surface area (Å²) < 4.78 is 0. The van der Waals surface area contributed by atoms with Crippen molar-refractivity contribution in [2.45, 2.75) is 31.6 Å². The van der Waals surface area contributed by atoms with Crippen molar-refractivity contribution < 1.29 is 0 Å². The third-order valence-electron chi connectivity index (χ3n) is 13.8. The van der Waals surface area contributed by atoms with Crippen LogP contribution in [0.3, 0.4) is 0 Å². The van der Waals surface area contributed by atoms with Crippen molar-refractivity contribution in [1.29, 1.82) is 0 Å². The second-order valence-corrected chi connectivity index (χ2v) is 17.4. The van der Waals surface area contributed by atoms with Gasteiger partial charge in [-0.25, -0.2) is 9.97 Å². The number of benzene rings is 9. The fraction of sp³-hybridized carbons (Fsp3) is 0.0847. The van der Waals surface area contributed by atoms with Gasteiger partial charge in [0.2, 0.25) is 0 Å². The van der Waals surface area contributed by atoms with E-state index in [0.29, 0.717) is 5.82 Å². The number of hydrogen-bond donors (Lipinski definition) is 0. The van der Waals surface area contributed by atoms with Gasteiger partial charge in [-0.15, -0.1) is 0 Å². The topological polar surface area (TPSA) is 25.8 Å². The van der Waals surface area contributed by atoms with Gasteiger partial charge in [-0.2, -0.15) is 0 Å². The smallest absolute Gasteiger partial charge is 0.161 e. The van der Waals surface area contributed by atoms with Crippen molar-refractivity contribution in [1.82, 2.24) is 9.97 Å². The number of nitrogens with zero attached hydrogens (tertiary/aromatic N) is 2. The van der Waals surface area contributed by atoms with Gasteiger partial charge < -0.3 is 0 Å². The molecule has 12 rings (SSSR count). The van der Waals surface area contributed by atoms with E-state index in [2.05, 4.69) is 221 Å². The molecule has 0 saturated heterocycles. The van der Waals surface area contributed by atoms with Gasteiger partial charge in [0.15, 0.2) is 5.82 Å². The molecule has 0 aliphatic heterocycles. The first kappa shape index (κ1) is 35.5. The molecule has 0 N–H and O–H groups in total. The summed E-state index contributed by atoms with van der Waals surface area (Å²) in [6, 6.07) is 73.0. The Morgan fingerprint density at radius 1 is 0.361 bits per heavy atom. The minimum Gasteiger partial charge on any atom is -0.228 e. The van der Waals surface area contributed by atoms with Crippen LogP contribution in [0.2, 0.25) is 0 Å². The zero-order chi connectivity index (χ0) is 40.9. The Morgan fingerprint density at radius 2 is 0.951 bits per heavy atom. The molecule has 2 heteroatoms. The third-order valence-corrected chi connectivity index (χ3v) is 13.8. The highest BCUT2D eigenvalue weighted by Gasteiger charge is 2.41. The summed E-state index contributed by atoms with van der Waals surface area (Å²) in [7, 11) is 0. The second-order valence-electron chi connectivity index (χ2n) is 17.4. The SMILES string of the molecule is CC1(C)c2cccc(-c3ccc(-c4nc(-c5ccccc5)cc(-c5ccc6c(c5)-c5ccccc5C6(C)c5ccccc5)n4)c4ccccc34)c2-c2ccc3ccccc3c21. The van der Waals surface area contributed by atoms with Crippen molar-refractivity contribution in [2.24, 2.45) is 0 Å². The van der Waals surface area contributed by atoms with Crippen molar-refractivity contribution in [2.75, 3.05) is 0 Å². The van der Waals surface area contributed by atoms with Crippen molar-refractivity contribution in [3.8, 4) is 67.3 Å². The quantitative estimate of drug-likeness (QED) is 0.174. The fourth-order valence-corrected chi connectivity index (χ4v) is 10.8. The van der Waals surface area contributed by atoms with Crippen molar-refractivity contribution in [3.05, 3.63) is 228 Å². The largest absolute Gasteiger partial charge is 0.228 e. The number of hydrogen-bond acceptors (Lipinski definition) is 2. The number of fused-ring (bicyclic) bond motifs is 9. The maximum absolute atomic E-state index is 5.45. The van der Waals surface area contributed by atoms with Crippen LogP contribution in [0.15, 0.2) is 200 Å². The number of rotatable bonds is 5. The van der Waals surface area contributed by atoms with Gasteiger partial charge >= 0.3 is 0 Å². The van der Waals surface area contributed by atoms with Crippen LogP contribution in [0.25, 0.3) is 88.8 Å². The average Bonchev–Trinajstić information content (AvgIpc) is 3.73. The molecule has 9 aromatic carbocycles. The molecular weight excluding hydrogens is 737 g/mol. The predicted octanol–water partition coefficient (Wildman–Crippen LogP) is 15.1. The van der Waals surface area contributed by atoms with E-state index in [0.717, 1.165) is 33.5 Å². The summed E-state index contributed by atoms with van der Waals surface area (Å²) in [5, 5.41) is 4.93. The highest BCUT2D eigenvalue weighted by atomic mass is 14.9. The van der Waals surface area contributed by atoms with E-state index in [1.54, 1.807) is 0 Å². The lowest BCUT2D eigenvalue weighted by atomic mass is 9.74. The van der Waals surface area contributed by atoms with Crippen molar-refractivity contribution >= 4 is 21.5 Å². The molecule has 10 aromatic rings. The third kappa shape index (κ3) is 5.22. The van der Waals surface area contributed by atoms with Crippen LogP contribution in [0.1, 0.15) is 48.6 Å². The summed E-state index contributed by atoms with van der Waals surface area (Å²) in [5.74, 6) is 0.713. The molecule has 61 heavy (non-hydrogen) atoms. The standard InChI is InChI=1S/C59H42N2/c1-58(2)52-28-16-26-46(55(52)48-31-29-37-17-10-11-22-41(37)56(48)58)44-32-33-47(43-24-13-12-23-42(43)44)57-60-53(38-18-6-4-7-19-38)36-54(61-57)39-30-34-51-49(35-39)45-25-14-15-27-50(45)59(51,3)40-20-8-5-9-21-40/h4-36H,1-3H3. The molecule has 1 atom stereocenters. The van der Waals surface area contributed by atoms with E-state index in [4.69, 9.17) is 9.97 Å². The highest BCUT2D eigenvalue weighted by molar-refractivity contribution is 6.09. The van der Waals surface area contributed by atoms with E-state index in [-0.39, 0.29) is 10.8 Å². The normalized spacial score (nSPS) is 15.7. The van der Waals surface area contributed by atoms with Gasteiger partial charge in [-0.3, -0.25) is 0 Å². The summed E-state index contributed by atoms with van der Waals surface area (Å²) in [6.07, 6.45) is 0. The monoisotopic (exact) mass is 778 g/mol. The summed E-state index contributed by atoms with van der Waals surface area (Å²) in [6.45, 7) is 7.12. The molecule has 0 radical (unpaired) electrons. The molecule has 2 aliphatic carbocycles. The molecule has 1 aromatic heterocycles. The van der Waals surface area contributed by atoms with Gasteiger partial charge in [0.25, 0.3) is 0 Å². The van der Waals surface area contributed by atoms with E-state index in [9.17, 15) is 0 Å². The molecule has 2 aliphatic rings. The first-order valence-electron chi connectivity index (χ1n) is 21.3. The molecule has 1 heterocycles. The van der Waals surface area contributed by atoms with Crippen LogP contribution in [0.4, 0.5) is 0 Å². The Balaban J connectivity index is 1.04. The van der Waals surface area contributed by atoms with Crippen LogP contribution in [0.5, 0.6) is 0 Å². The maximum Gasteiger partial charge on any atom is 0.161 e. The van der Waals surface area contributed by atoms with Crippen LogP contribution in [-0.4, -0.2) is 9.97 Å². The Kier molecular flexibility index (Phi) is 7.74. The average molecular weight is 779 g/mol. The van der Waals surface area contributed by atoms with E-state index in [1.165, 1.54) is 77.4 Å². The van der Waals surface area contributed by atoms with Crippen molar-refractivity contribution in [3.63, 3.8) is 0 Å². The molecule has 0 fully saturated rings. The molecule has 0 saturated carbocycles. The van der Waals surface area contributed by atoms with Gasteiger partial charge in [0.1, 0.15) is 0 Å². The Labute approximate surface area is 356 Å². The minimum atomic E-state index is -0.261. The predicted molar refractivity (Wildman–Crippen MR) is 254 cm³/mol. The molecular formula is C59H42N2. The Morgan fingerprint density at radius 3 is 1.75 bits per heavy atom. The maximum atomic E-state index is 5.45. The van der Waals surface area contributed by atoms with Crippen LogP contribution in [0, 0.1) is 0 Å². The lowest BCUT2D eigenvalue weighted by Crippen LogP contribution is -2.22. The molecule has 0 amide bonds. The number of aromatic nitrogens is 2.